The van der Waals surface area contributed by atoms with Crippen LogP contribution in [0.5, 0.6) is 0 Å². The third kappa shape index (κ3) is 4.19. The van der Waals surface area contributed by atoms with Crippen molar-refractivity contribution in [3.63, 3.8) is 0 Å². The molecule has 4 rings (SSSR count). The van der Waals surface area contributed by atoms with E-state index in [1.807, 2.05) is 5.38 Å². The quantitative estimate of drug-likeness (QED) is 0.478. The van der Waals surface area contributed by atoms with Crippen molar-refractivity contribution in [3.8, 4) is 11.3 Å². The van der Waals surface area contributed by atoms with Gasteiger partial charge in [0, 0.05) is 29.3 Å². The van der Waals surface area contributed by atoms with Crippen molar-refractivity contribution in [3.05, 3.63) is 71.1 Å². The normalized spacial score (nSPS) is 11.0. The van der Waals surface area contributed by atoms with Gasteiger partial charge < -0.3 is 0 Å². The molecule has 0 saturated carbocycles. The van der Waals surface area contributed by atoms with E-state index < -0.39 is 11.7 Å². The number of hydrogen-bond acceptors (Lipinski definition) is 5. The average molecular weight is 412 g/mol. The van der Waals surface area contributed by atoms with Gasteiger partial charge in [-0.3, -0.25) is 14.9 Å². The Kier molecular flexibility index (Phi) is 5.13. The summed E-state index contributed by atoms with van der Waals surface area (Å²) in [5, 5.41) is 8.69. The standard InChI is InChI=1S/C20H14F2N4O2S/c21-14-5-1-12(2-6-14)16-11-29-20-24-19(25-26(16)20)23-18(28)10-9-17(27)13-3-7-15(22)8-4-13/h1-8,11H,9-10H2,(H,23,25,28). The number of thiazole rings is 1. The van der Waals surface area contributed by atoms with Gasteiger partial charge in [0.1, 0.15) is 11.6 Å². The van der Waals surface area contributed by atoms with Gasteiger partial charge in [-0.15, -0.1) is 16.4 Å². The highest BCUT2D eigenvalue weighted by molar-refractivity contribution is 7.15. The van der Waals surface area contributed by atoms with Gasteiger partial charge in [-0.2, -0.15) is 4.98 Å². The molecular weight excluding hydrogens is 398 g/mol. The van der Waals surface area contributed by atoms with Crippen LogP contribution in [0.25, 0.3) is 16.2 Å². The number of benzene rings is 2. The number of nitrogens with zero attached hydrogens (tertiary/aromatic N) is 3. The molecule has 0 bridgehead atoms. The lowest BCUT2D eigenvalue weighted by Gasteiger charge is -2.02. The van der Waals surface area contributed by atoms with Crippen molar-refractivity contribution in [1.29, 1.82) is 0 Å². The molecule has 2 aromatic carbocycles. The molecule has 0 aliphatic carbocycles. The van der Waals surface area contributed by atoms with Crippen LogP contribution in [0.4, 0.5) is 14.7 Å². The van der Waals surface area contributed by atoms with E-state index in [1.165, 1.54) is 47.7 Å². The van der Waals surface area contributed by atoms with Gasteiger partial charge in [0.05, 0.1) is 5.69 Å². The second-order valence-corrected chi connectivity index (χ2v) is 7.07. The number of rotatable bonds is 6. The van der Waals surface area contributed by atoms with Crippen LogP contribution in [0.2, 0.25) is 0 Å². The van der Waals surface area contributed by atoms with Crippen molar-refractivity contribution < 1.29 is 18.4 Å². The molecule has 0 radical (unpaired) electrons. The maximum Gasteiger partial charge on any atom is 0.250 e. The molecule has 4 aromatic rings. The van der Waals surface area contributed by atoms with Crippen molar-refractivity contribution >= 4 is 33.9 Å². The van der Waals surface area contributed by atoms with E-state index in [4.69, 9.17) is 0 Å². The minimum atomic E-state index is -0.426. The van der Waals surface area contributed by atoms with E-state index in [2.05, 4.69) is 15.4 Å². The summed E-state index contributed by atoms with van der Waals surface area (Å²) in [6.07, 6.45) is -0.0611. The summed E-state index contributed by atoms with van der Waals surface area (Å²) in [5.41, 5.74) is 1.85. The van der Waals surface area contributed by atoms with Crippen LogP contribution >= 0.6 is 11.3 Å². The number of hydrogen-bond donors (Lipinski definition) is 1. The molecule has 0 unspecified atom stereocenters. The van der Waals surface area contributed by atoms with E-state index in [0.717, 1.165) is 11.3 Å². The number of ketones is 1. The summed E-state index contributed by atoms with van der Waals surface area (Å²) in [6, 6.07) is 11.2. The molecule has 1 amide bonds. The van der Waals surface area contributed by atoms with E-state index in [-0.39, 0.29) is 30.4 Å². The highest BCUT2D eigenvalue weighted by atomic mass is 32.1. The molecule has 2 heterocycles. The maximum atomic E-state index is 13.1. The second kappa shape index (κ2) is 7.88. The van der Waals surface area contributed by atoms with E-state index in [1.54, 1.807) is 16.6 Å². The molecule has 6 nitrogen and oxygen atoms in total. The molecule has 0 fully saturated rings. The number of amides is 1. The first kappa shape index (κ1) is 18.9. The van der Waals surface area contributed by atoms with E-state index >= 15 is 0 Å². The van der Waals surface area contributed by atoms with Gasteiger partial charge in [0.25, 0.3) is 0 Å². The first-order chi connectivity index (χ1) is 14.0. The minimum absolute atomic E-state index is 0.0134. The molecule has 29 heavy (non-hydrogen) atoms. The zero-order valence-corrected chi connectivity index (χ0v) is 15.7. The largest absolute Gasteiger partial charge is 0.294 e. The second-order valence-electron chi connectivity index (χ2n) is 6.24. The molecule has 1 N–H and O–H groups in total. The Bertz CT molecular complexity index is 1180. The van der Waals surface area contributed by atoms with E-state index in [9.17, 15) is 18.4 Å². The fourth-order valence-corrected chi connectivity index (χ4v) is 3.58. The Morgan fingerprint density at radius 1 is 0.966 bits per heavy atom. The summed E-state index contributed by atoms with van der Waals surface area (Å²) in [4.78, 5) is 29.0. The van der Waals surface area contributed by atoms with Gasteiger partial charge in [0.2, 0.25) is 16.8 Å². The third-order valence-electron chi connectivity index (χ3n) is 4.22. The lowest BCUT2D eigenvalue weighted by molar-refractivity contribution is -0.116. The molecule has 0 spiro atoms. The molecule has 9 heteroatoms. The predicted molar refractivity (Wildman–Crippen MR) is 105 cm³/mol. The van der Waals surface area contributed by atoms with Gasteiger partial charge in [0.15, 0.2) is 5.78 Å². The topological polar surface area (TPSA) is 76.4 Å². The number of fused-ring (bicyclic) bond motifs is 1. The van der Waals surface area contributed by atoms with E-state index in [0.29, 0.717) is 10.5 Å². The van der Waals surface area contributed by atoms with Crippen LogP contribution < -0.4 is 5.32 Å². The average Bonchev–Trinajstić information content (AvgIpc) is 3.27. The summed E-state index contributed by atoms with van der Waals surface area (Å²) in [6.45, 7) is 0. The Morgan fingerprint density at radius 3 is 2.31 bits per heavy atom. The first-order valence-electron chi connectivity index (χ1n) is 8.68. The predicted octanol–water partition coefficient (Wildman–Crippen LogP) is 4.34. The highest BCUT2D eigenvalue weighted by Gasteiger charge is 2.15. The van der Waals surface area contributed by atoms with Crippen molar-refractivity contribution in [1.82, 2.24) is 14.6 Å². The Hall–Kier alpha value is -3.46. The number of anilines is 1. The monoisotopic (exact) mass is 412 g/mol. The lowest BCUT2D eigenvalue weighted by Crippen LogP contribution is -2.14. The molecular formula is C20H14F2N4O2S. The Morgan fingerprint density at radius 2 is 1.62 bits per heavy atom. The molecule has 0 atom stereocenters. The van der Waals surface area contributed by atoms with Gasteiger partial charge in [-0.1, -0.05) is 0 Å². The van der Waals surface area contributed by atoms with Crippen LogP contribution in [0, 0.1) is 11.6 Å². The Balaban J connectivity index is 1.41. The van der Waals surface area contributed by atoms with Crippen molar-refractivity contribution in [2.45, 2.75) is 12.8 Å². The summed E-state index contributed by atoms with van der Waals surface area (Å²) in [5.74, 6) is -1.29. The highest BCUT2D eigenvalue weighted by Crippen LogP contribution is 2.26. The number of carbonyl (C=O) groups is 2. The Labute approximate surface area is 167 Å². The lowest BCUT2D eigenvalue weighted by atomic mass is 10.1. The first-order valence-corrected chi connectivity index (χ1v) is 9.56. The van der Waals surface area contributed by atoms with Crippen LogP contribution in [-0.4, -0.2) is 26.3 Å². The number of carbonyl (C=O) groups excluding carboxylic acids is 2. The van der Waals surface area contributed by atoms with Crippen molar-refractivity contribution in [2.75, 3.05) is 5.32 Å². The number of Topliss-reactive ketones (excluding diaryl/α,β-unsaturated/α-hetero) is 1. The zero-order valence-electron chi connectivity index (χ0n) is 14.9. The molecule has 0 aliphatic rings. The smallest absolute Gasteiger partial charge is 0.250 e. The van der Waals surface area contributed by atoms with Gasteiger partial charge >= 0.3 is 0 Å². The maximum absolute atomic E-state index is 13.1. The molecule has 0 aliphatic heterocycles. The fourth-order valence-electron chi connectivity index (χ4n) is 2.75. The summed E-state index contributed by atoms with van der Waals surface area (Å²) in [7, 11) is 0. The number of aromatic nitrogens is 3. The van der Waals surface area contributed by atoms with Crippen LogP contribution in [0.1, 0.15) is 23.2 Å². The third-order valence-corrected chi connectivity index (χ3v) is 5.03. The van der Waals surface area contributed by atoms with Crippen LogP contribution in [0.15, 0.2) is 53.9 Å². The van der Waals surface area contributed by atoms with Crippen LogP contribution in [0.3, 0.4) is 0 Å². The molecule has 2 aromatic heterocycles. The summed E-state index contributed by atoms with van der Waals surface area (Å²) < 4.78 is 27.6. The molecule has 146 valence electrons. The van der Waals surface area contributed by atoms with Gasteiger partial charge in [-0.25, -0.2) is 13.3 Å². The SMILES string of the molecule is O=C(CCC(=O)c1ccc(F)cc1)Nc1nc2scc(-c3ccc(F)cc3)n2n1. The minimum Gasteiger partial charge on any atom is -0.294 e. The number of halogens is 2. The fraction of sp³-hybridized carbons (Fsp3) is 0.100. The van der Waals surface area contributed by atoms with Crippen molar-refractivity contribution in [2.24, 2.45) is 0 Å². The van der Waals surface area contributed by atoms with Gasteiger partial charge in [-0.05, 0) is 48.5 Å². The van der Waals surface area contributed by atoms with Crippen LogP contribution in [-0.2, 0) is 4.79 Å². The number of nitrogens with one attached hydrogen (secondary N) is 1. The molecule has 0 saturated heterocycles. The summed E-state index contributed by atoms with van der Waals surface area (Å²) >= 11 is 1.34. The zero-order chi connectivity index (χ0) is 20.4.